The van der Waals surface area contributed by atoms with Gasteiger partial charge in [-0.1, -0.05) is 17.8 Å². The van der Waals surface area contributed by atoms with Crippen LogP contribution < -0.4 is 0 Å². The molecule has 1 aromatic carbocycles. The molecule has 0 aliphatic rings. The Hall–Kier alpha value is -0.800. The summed E-state index contributed by atoms with van der Waals surface area (Å²) in [6.07, 6.45) is 1.82. The zero-order chi connectivity index (χ0) is 11.5. The average molecular weight is 294 g/mol. The molecule has 0 aliphatic heterocycles. The Morgan fingerprint density at radius 2 is 1.88 bits per heavy atom. The lowest BCUT2D eigenvalue weighted by Crippen LogP contribution is -1.83. The summed E-state index contributed by atoms with van der Waals surface area (Å²) in [6, 6.07) is 10.5. The molecule has 1 aromatic heterocycles. The molecule has 0 saturated heterocycles. The van der Waals surface area contributed by atoms with Gasteiger partial charge in [-0.3, -0.25) is 0 Å². The molecule has 2 aromatic rings. The van der Waals surface area contributed by atoms with Gasteiger partial charge in [0.2, 0.25) is 0 Å². The number of benzene rings is 1. The van der Waals surface area contributed by atoms with E-state index >= 15 is 0 Å². The van der Waals surface area contributed by atoms with Crippen molar-refractivity contribution in [3.8, 4) is 0 Å². The van der Waals surface area contributed by atoms with Crippen LogP contribution in [0, 0.1) is 13.8 Å². The predicted octanol–water partition coefficient (Wildman–Crippen LogP) is 4.61. The lowest BCUT2D eigenvalue weighted by Gasteiger charge is -2.04. The molecule has 3 heteroatoms. The molecular formula is C13H12BrNS. The quantitative estimate of drug-likeness (QED) is 0.802. The van der Waals surface area contributed by atoms with Crippen LogP contribution in [0.3, 0.4) is 0 Å². The molecule has 0 fully saturated rings. The van der Waals surface area contributed by atoms with Crippen molar-refractivity contribution in [1.29, 1.82) is 0 Å². The van der Waals surface area contributed by atoms with Gasteiger partial charge in [-0.05, 0) is 65.2 Å². The summed E-state index contributed by atoms with van der Waals surface area (Å²) in [5.74, 6) is 0. The first-order chi connectivity index (χ1) is 7.65. The van der Waals surface area contributed by atoms with Crippen molar-refractivity contribution in [2.24, 2.45) is 0 Å². The number of pyridine rings is 1. The standard InChI is InChI=1S/C13H12BrNS/c1-9-3-5-12(7-10(9)2)16-13-6-4-11(14)8-15-13/h3-8H,1-2H3. The molecule has 0 radical (unpaired) electrons. The lowest BCUT2D eigenvalue weighted by atomic mass is 10.1. The van der Waals surface area contributed by atoms with Crippen molar-refractivity contribution in [3.63, 3.8) is 0 Å². The largest absolute Gasteiger partial charge is 0.248 e. The number of aromatic nitrogens is 1. The van der Waals surface area contributed by atoms with Crippen LogP contribution in [0.4, 0.5) is 0 Å². The van der Waals surface area contributed by atoms with Crippen molar-refractivity contribution < 1.29 is 0 Å². The van der Waals surface area contributed by atoms with E-state index in [1.54, 1.807) is 11.8 Å². The highest BCUT2D eigenvalue weighted by molar-refractivity contribution is 9.10. The zero-order valence-electron chi connectivity index (χ0n) is 9.20. The monoisotopic (exact) mass is 293 g/mol. The summed E-state index contributed by atoms with van der Waals surface area (Å²) in [5.41, 5.74) is 2.65. The van der Waals surface area contributed by atoms with E-state index in [0.29, 0.717) is 0 Å². The SMILES string of the molecule is Cc1ccc(Sc2ccc(Br)cn2)cc1C. The van der Waals surface area contributed by atoms with Crippen LogP contribution in [-0.4, -0.2) is 4.98 Å². The average Bonchev–Trinajstić information content (AvgIpc) is 2.27. The van der Waals surface area contributed by atoms with E-state index in [0.717, 1.165) is 9.50 Å². The Morgan fingerprint density at radius 3 is 2.50 bits per heavy atom. The van der Waals surface area contributed by atoms with Crippen molar-refractivity contribution >= 4 is 27.7 Å². The Kier molecular flexibility index (Phi) is 3.66. The minimum atomic E-state index is 1.01. The molecule has 0 bridgehead atoms. The van der Waals surface area contributed by atoms with E-state index in [-0.39, 0.29) is 0 Å². The first-order valence-electron chi connectivity index (χ1n) is 5.02. The van der Waals surface area contributed by atoms with Crippen LogP contribution in [0.25, 0.3) is 0 Å². The summed E-state index contributed by atoms with van der Waals surface area (Å²) in [4.78, 5) is 5.58. The Bertz CT molecular complexity index is 494. The Labute approximate surface area is 108 Å². The summed E-state index contributed by atoms with van der Waals surface area (Å²) >= 11 is 5.07. The van der Waals surface area contributed by atoms with Crippen molar-refractivity contribution in [1.82, 2.24) is 4.98 Å². The highest BCUT2D eigenvalue weighted by Gasteiger charge is 2.00. The third-order valence-electron chi connectivity index (χ3n) is 2.40. The summed E-state index contributed by atoms with van der Waals surface area (Å²) in [5, 5.41) is 1.02. The first-order valence-corrected chi connectivity index (χ1v) is 6.63. The maximum atomic E-state index is 4.34. The van der Waals surface area contributed by atoms with Crippen molar-refractivity contribution in [2.45, 2.75) is 23.8 Å². The molecule has 82 valence electrons. The summed E-state index contributed by atoms with van der Waals surface area (Å²) < 4.78 is 1.01. The van der Waals surface area contributed by atoms with E-state index in [4.69, 9.17) is 0 Å². The van der Waals surface area contributed by atoms with Gasteiger partial charge < -0.3 is 0 Å². The van der Waals surface area contributed by atoms with Crippen LogP contribution in [0.1, 0.15) is 11.1 Å². The van der Waals surface area contributed by atoms with Gasteiger partial charge in [0.1, 0.15) is 5.03 Å². The molecule has 0 spiro atoms. The number of rotatable bonds is 2. The highest BCUT2D eigenvalue weighted by atomic mass is 79.9. The molecule has 16 heavy (non-hydrogen) atoms. The van der Waals surface area contributed by atoms with Crippen LogP contribution in [0.5, 0.6) is 0 Å². The first kappa shape index (κ1) is 11.7. The predicted molar refractivity (Wildman–Crippen MR) is 72.0 cm³/mol. The van der Waals surface area contributed by atoms with Crippen LogP contribution >= 0.6 is 27.7 Å². The summed E-state index contributed by atoms with van der Waals surface area (Å²) in [7, 11) is 0. The van der Waals surface area contributed by atoms with Crippen LogP contribution in [0.15, 0.2) is 50.9 Å². The van der Waals surface area contributed by atoms with E-state index in [1.165, 1.54) is 16.0 Å². The van der Waals surface area contributed by atoms with E-state index < -0.39 is 0 Å². The third kappa shape index (κ3) is 2.86. The third-order valence-corrected chi connectivity index (χ3v) is 3.81. The molecule has 0 aliphatic carbocycles. The topological polar surface area (TPSA) is 12.9 Å². The van der Waals surface area contributed by atoms with Gasteiger partial charge in [-0.15, -0.1) is 0 Å². The molecule has 0 unspecified atom stereocenters. The normalized spacial score (nSPS) is 10.4. The van der Waals surface area contributed by atoms with Crippen LogP contribution in [-0.2, 0) is 0 Å². The fraction of sp³-hybridized carbons (Fsp3) is 0.154. The Morgan fingerprint density at radius 1 is 1.06 bits per heavy atom. The van der Waals surface area contributed by atoms with Gasteiger partial charge in [0.05, 0.1) is 0 Å². The number of nitrogens with zero attached hydrogens (tertiary/aromatic N) is 1. The fourth-order valence-corrected chi connectivity index (χ4v) is 2.41. The lowest BCUT2D eigenvalue weighted by molar-refractivity contribution is 1.12. The van der Waals surface area contributed by atoms with E-state index in [1.807, 2.05) is 18.3 Å². The van der Waals surface area contributed by atoms with Gasteiger partial charge in [0, 0.05) is 15.6 Å². The number of halogens is 1. The minimum Gasteiger partial charge on any atom is -0.248 e. The van der Waals surface area contributed by atoms with Crippen molar-refractivity contribution in [2.75, 3.05) is 0 Å². The number of hydrogen-bond acceptors (Lipinski definition) is 2. The molecule has 0 amide bonds. The smallest absolute Gasteiger partial charge is 0.101 e. The fourth-order valence-electron chi connectivity index (χ4n) is 1.32. The maximum absolute atomic E-state index is 4.34. The van der Waals surface area contributed by atoms with Gasteiger partial charge in [-0.25, -0.2) is 4.98 Å². The number of hydrogen-bond donors (Lipinski definition) is 0. The van der Waals surface area contributed by atoms with Crippen molar-refractivity contribution in [3.05, 3.63) is 52.1 Å². The van der Waals surface area contributed by atoms with E-state index in [2.05, 4.69) is 53.0 Å². The molecule has 2 rings (SSSR count). The highest BCUT2D eigenvalue weighted by Crippen LogP contribution is 2.27. The Balaban J connectivity index is 2.20. The molecule has 0 saturated carbocycles. The molecule has 0 N–H and O–H groups in total. The van der Waals surface area contributed by atoms with Gasteiger partial charge >= 0.3 is 0 Å². The van der Waals surface area contributed by atoms with Crippen LogP contribution in [0.2, 0.25) is 0 Å². The summed E-state index contributed by atoms with van der Waals surface area (Å²) in [6.45, 7) is 4.26. The van der Waals surface area contributed by atoms with Gasteiger partial charge in [0.15, 0.2) is 0 Å². The second-order valence-electron chi connectivity index (χ2n) is 3.66. The number of aryl methyl sites for hydroxylation is 2. The minimum absolute atomic E-state index is 1.01. The van der Waals surface area contributed by atoms with Gasteiger partial charge in [0.25, 0.3) is 0 Å². The maximum Gasteiger partial charge on any atom is 0.101 e. The molecule has 0 atom stereocenters. The van der Waals surface area contributed by atoms with E-state index in [9.17, 15) is 0 Å². The zero-order valence-corrected chi connectivity index (χ0v) is 11.6. The molecule has 1 nitrogen and oxygen atoms in total. The molecular weight excluding hydrogens is 282 g/mol. The second kappa shape index (κ2) is 5.02. The molecule has 1 heterocycles. The van der Waals surface area contributed by atoms with Gasteiger partial charge in [-0.2, -0.15) is 0 Å². The second-order valence-corrected chi connectivity index (χ2v) is 5.67.